The van der Waals surface area contributed by atoms with Crippen molar-refractivity contribution in [3.63, 3.8) is 0 Å². The first-order chi connectivity index (χ1) is 14.1. The first kappa shape index (κ1) is 17.6. The van der Waals surface area contributed by atoms with Gasteiger partial charge >= 0.3 is 0 Å². The zero-order valence-electron chi connectivity index (χ0n) is 16.1. The molecule has 0 fully saturated rings. The summed E-state index contributed by atoms with van der Waals surface area (Å²) in [5, 5.41) is 15.3. The molecule has 2 aliphatic heterocycles. The van der Waals surface area contributed by atoms with Crippen LogP contribution in [0.5, 0.6) is 11.5 Å². The number of hydrogen-bond acceptors (Lipinski definition) is 7. The number of benzene rings is 2. The highest BCUT2D eigenvalue weighted by Gasteiger charge is 2.33. The minimum absolute atomic E-state index is 0.111. The third kappa shape index (κ3) is 3.09. The molecule has 0 aliphatic carbocycles. The maximum atomic E-state index is 11.2. The van der Waals surface area contributed by atoms with E-state index in [1.165, 1.54) is 12.5 Å². The van der Waals surface area contributed by atoms with Crippen LogP contribution in [0.4, 0.5) is 5.69 Å². The zero-order valence-corrected chi connectivity index (χ0v) is 16.1. The van der Waals surface area contributed by atoms with Gasteiger partial charge in [0, 0.05) is 19.2 Å². The second-order valence-corrected chi connectivity index (χ2v) is 7.21. The van der Waals surface area contributed by atoms with Gasteiger partial charge in [-0.3, -0.25) is 9.69 Å². The number of ether oxygens (including phenoxy) is 2. The molecule has 1 aromatic heterocycles. The Balaban J connectivity index is 1.55. The van der Waals surface area contributed by atoms with Gasteiger partial charge in [0.1, 0.15) is 0 Å². The van der Waals surface area contributed by atoms with E-state index in [4.69, 9.17) is 9.47 Å². The molecule has 5 rings (SSSR count). The van der Waals surface area contributed by atoms with Crippen LogP contribution in [0.25, 0.3) is 5.69 Å². The molecule has 0 saturated heterocycles. The number of nitrogens with zero attached hydrogens (tertiary/aromatic N) is 5. The molecule has 9 heteroatoms. The Labute approximate surface area is 167 Å². The number of tetrazole rings is 1. The van der Waals surface area contributed by atoms with Crippen molar-refractivity contribution >= 4 is 11.6 Å². The fraction of sp³-hybridized carbons (Fsp3) is 0.300. The van der Waals surface area contributed by atoms with Crippen LogP contribution >= 0.6 is 0 Å². The third-order valence-corrected chi connectivity index (χ3v) is 5.27. The van der Waals surface area contributed by atoms with Crippen LogP contribution in [0.1, 0.15) is 29.9 Å². The van der Waals surface area contributed by atoms with E-state index in [2.05, 4.69) is 38.9 Å². The summed E-state index contributed by atoms with van der Waals surface area (Å²) in [6.07, 6.45) is 0.923. The Morgan fingerprint density at radius 3 is 2.69 bits per heavy atom. The van der Waals surface area contributed by atoms with E-state index in [0.29, 0.717) is 0 Å². The van der Waals surface area contributed by atoms with Gasteiger partial charge < -0.3 is 14.8 Å². The second-order valence-electron chi connectivity index (χ2n) is 7.21. The van der Waals surface area contributed by atoms with E-state index in [1.807, 2.05) is 30.3 Å². The summed E-state index contributed by atoms with van der Waals surface area (Å²) in [7, 11) is 2.07. The van der Waals surface area contributed by atoms with Gasteiger partial charge in [0.2, 0.25) is 12.7 Å². The van der Waals surface area contributed by atoms with Gasteiger partial charge in [0.05, 0.1) is 11.7 Å². The second kappa shape index (κ2) is 6.85. The molecular formula is C20H20N6O3. The van der Waals surface area contributed by atoms with E-state index >= 15 is 0 Å². The lowest BCUT2D eigenvalue weighted by Gasteiger charge is -2.33. The van der Waals surface area contributed by atoms with Crippen molar-refractivity contribution in [3.05, 3.63) is 53.3 Å². The van der Waals surface area contributed by atoms with Gasteiger partial charge in [-0.2, -0.15) is 4.68 Å². The highest BCUT2D eigenvalue weighted by molar-refractivity contribution is 5.88. The summed E-state index contributed by atoms with van der Waals surface area (Å²) in [6.45, 7) is 2.61. The molecule has 29 heavy (non-hydrogen) atoms. The number of nitrogens with one attached hydrogen (secondary N) is 1. The molecule has 2 aliphatic rings. The number of fused-ring (bicyclic) bond motifs is 2. The van der Waals surface area contributed by atoms with Gasteiger partial charge in [0.25, 0.3) is 0 Å². The maximum Gasteiger partial charge on any atom is 0.231 e. The quantitative estimate of drug-likeness (QED) is 0.728. The zero-order chi connectivity index (χ0) is 20.0. The van der Waals surface area contributed by atoms with Crippen LogP contribution in [0.15, 0.2) is 36.4 Å². The number of carbonyl (C=O) groups excluding carboxylic acids is 1. The summed E-state index contributed by atoms with van der Waals surface area (Å²) >= 11 is 0. The van der Waals surface area contributed by atoms with E-state index in [-0.39, 0.29) is 18.7 Å². The number of carbonyl (C=O) groups is 1. The monoisotopic (exact) mass is 392 g/mol. The largest absolute Gasteiger partial charge is 0.454 e. The maximum absolute atomic E-state index is 11.2. The van der Waals surface area contributed by atoms with Crippen molar-refractivity contribution in [2.24, 2.45) is 0 Å². The molecule has 1 amide bonds. The molecule has 0 spiro atoms. The molecule has 0 bridgehead atoms. The highest BCUT2D eigenvalue weighted by Crippen LogP contribution is 2.41. The molecule has 9 nitrogen and oxygen atoms in total. The Hall–Kier alpha value is -3.46. The van der Waals surface area contributed by atoms with E-state index in [9.17, 15) is 4.79 Å². The Morgan fingerprint density at radius 2 is 1.93 bits per heavy atom. The van der Waals surface area contributed by atoms with Gasteiger partial charge in [0.15, 0.2) is 17.3 Å². The molecule has 1 N–H and O–H groups in total. The number of anilines is 1. The van der Waals surface area contributed by atoms with Gasteiger partial charge in [-0.25, -0.2) is 0 Å². The standard InChI is InChI=1S/C20H20N6O3/c1-12(27)21-14-3-5-15(6-4-14)26-20(22-23-24-26)19-16-10-18-17(28-11-29-18)9-13(16)7-8-25(19)2/h3-6,9-10,19H,7-8,11H2,1-2H3,(H,21,27)/t19-/m0/s1. The molecule has 0 radical (unpaired) electrons. The summed E-state index contributed by atoms with van der Waals surface area (Å²) in [5.74, 6) is 2.16. The smallest absolute Gasteiger partial charge is 0.231 e. The molecule has 148 valence electrons. The van der Waals surface area contributed by atoms with Crippen LogP contribution in [0.3, 0.4) is 0 Å². The minimum Gasteiger partial charge on any atom is -0.454 e. The Morgan fingerprint density at radius 1 is 1.17 bits per heavy atom. The molecule has 1 atom stereocenters. The van der Waals surface area contributed by atoms with Crippen LogP contribution in [0.2, 0.25) is 0 Å². The minimum atomic E-state index is -0.113. The van der Waals surface area contributed by atoms with Crippen molar-refractivity contribution in [2.75, 3.05) is 25.7 Å². The van der Waals surface area contributed by atoms with Crippen LogP contribution in [0, 0.1) is 0 Å². The van der Waals surface area contributed by atoms with Crippen LogP contribution < -0.4 is 14.8 Å². The fourth-order valence-corrected chi connectivity index (χ4v) is 3.91. The van der Waals surface area contributed by atoms with Gasteiger partial charge in [-0.15, -0.1) is 5.10 Å². The Kier molecular flexibility index (Phi) is 4.17. The fourth-order valence-electron chi connectivity index (χ4n) is 3.91. The highest BCUT2D eigenvalue weighted by atomic mass is 16.7. The number of rotatable bonds is 3. The normalized spacial score (nSPS) is 17.8. The van der Waals surface area contributed by atoms with Gasteiger partial charge in [-0.05, 0) is 71.4 Å². The molecule has 0 saturated carbocycles. The van der Waals surface area contributed by atoms with E-state index in [1.54, 1.807) is 4.68 Å². The molecule has 2 aromatic carbocycles. The number of likely N-dealkylation sites (N-methyl/N-ethyl adjacent to an activating group) is 1. The Bertz CT molecular complexity index is 1080. The molecule has 0 unspecified atom stereocenters. The third-order valence-electron chi connectivity index (χ3n) is 5.27. The molecular weight excluding hydrogens is 372 g/mol. The van der Waals surface area contributed by atoms with Crippen molar-refractivity contribution in [1.29, 1.82) is 0 Å². The average Bonchev–Trinajstić information content (AvgIpc) is 3.35. The average molecular weight is 392 g/mol. The SMILES string of the molecule is CC(=O)Nc1ccc(-n2nnnc2[C@@H]2c3cc4c(cc3CCN2C)OCO4)cc1. The lowest BCUT2D eigenvalue weighted by atomic mass is 9.91. The van der Waals surface area contributed by atoms with Crippen molar-refractivity contribution < 1.29 is 14.3 Å². The first-order valence-corrected chi connectivity index (χ1v) is 9.39. The number of aromatic nitrogens is 4. The van der Waals surface area contributed by atoms with Crippen molar-refractivity contribution in [3.8, 4) is 17.2 Å². The summed E-state index contributed by atoms with van der Waals surface area (Å²) < 4.78 is 12.9. The lowest BCUT2D eigenvalue weighted by Crippen LogP contribution is -2.34. The lowest BCUT2D eigenvalue weighted by molar-refractivity contribution is -0.114. The number of amides is 1. The first-order valence-electron chi connectivity index (χ1n) is 9.39. The summed E-state index contributed by atoms with van der Waals surface area (Å²) in [6, 6.07) is 11.4. The molecule has 3 aromatic rings. The van der Waals surface area contributed by atoms with Crippen LogP contribution in [-0.2, 0) is 11.2 Å². The van der Waals surface area contributed by atoms with Crippen molar-refractivity contribution in [2.45, 2.75) is 19.4 Å². The van der Waals surface area contributed by atoms with Crippen LogP contribution in [-0.4, -0.2) is 51.4 Å². The predicted octanol–water partition coefficient (Wildman–Crippen LogP) is 1.93. The van der Waals surface area contributed by atoms with E-state index < -0.39 is 0 Å². The molecule has 3 heterocycles. The van der Waals surface area contributed by atoms with E-state index in [0.717, 1.165) is 47.2 Å². The summed E-state index contributed by atoms with van der Waals surface area (Å²) in [4.78, 5) is 13.5. The topological polar surface area (TPSA) is 94.4 Å². The summed E-state index contributed by atoms with van der Waals surface area (Å²) in [5.41, 5.74) is 3.88. The predicted molar refractivity (Wildman–Crippen MR) is 104 cm³/mol. The number of hydrogen-bond donors (Lipinski definition) is 1. The van der Waals surface area contributed by atoms with Gasteiger partial charge in [-0.1, -0.05) is 0 Å². The van der Waals surface area contributed by atoms with Crippen molar-refractivity contribution in [1.82, 2.24) is 25.1 Å².